The highest BCUT2D eigenvalue weighted by Gasteiger charge is 2.35. The van der Waals surface area contributed by atoms with E-state index in [-0.39, 0.29) is 6.04 Å². The van der Waals surface area contributed by atoms with Crippen molar-refractivity contribution in [2.75, 3.05) is 12.3 Å². The quantitative estimate of drug-likeness (QED) is 0.854. The Morgan fingerprint density at radius 1 is 1.14 bits per heavy atom. The minimum Gasteiger partial charge on any atom is -0.398 e. The number of hydrogen-bond donors (Lipinski definition) is 1. The molecule has 1 fully saturated rings. The first kappa shape index (κ1) is 16.3. The largest absolute Gasteiger partial charge is 0.398 e. The predicted octanol–water partition coefficient (Wildman–Crippen LogP) is 3.00. The number of rotatable bonds is 2. The van der Waals surface area contributed by atoms with E-state index in [9.17, 15) is 8.42 Å². The van der Waals surface area contributed by atoms with Crippen LogP contribution in [-0.4, -0.2) is 25.3 Å². The molecule has 1 heterocycles. The number of hydrogen-bond acceptors (Lipinski definition) is 3. The SMILES string of the molecule is Cc1cc(N)c(C)c(S(=O)(=O)N2CC(C)CCC2C)c1C. The third-order valence-corrected chi connectivity index (χ3v) is 6.96. The van der Waals surface area contributed by atoms with Crippen molar-refractivity contribution in [1.29, 1.82) is 0 Å². The van der Waals surface area contributed by atoms with E-state index in [0.29, 0.717) is 28.6 Å². The number of nitrogen functional groups attached to an aromatic ring is 1. The zero-order valence-corrected chi connectivity index (χ0v) is 14.4. The van der Waals surface area contributed by atoms with Gasteiger partial charge in [0.1, 0.15) is 0 Å². The zero-order valence-electron chi connectivity index (χ0n) is 13.6. The van der Waals surface area contributed by atoms with Gasteiger partial charge in [-0.25, -0.2) is 8.42 Å². The third kappa shape index (κ3) is 2.81. The van der Waals surface area contributed by atoms with Crippen molar-refractivity contribution < 1.29 is 8.42 Å². The normalized spacial score (nSPS) is 24.2. The van der Waals surface area contributed by atoms with Crippen molar-refractivity contribution in [1.82, 2.24) is 4.31 Å². The molecule has 118 valence electrons. The van der Waals surface area contributed by atoms with Gasteiger partial charge in [0.25, 0.3) is 0 Å². The lowest BCUT2D eigenvalue weighted by atomic mass is 9.97. The molecule has 0 amide bonds. The Hall–Kier alpha value is -1.07. The summed E-state index contributed by atoms with van der Waals surface area (Å²) in [5.41, 5.74) is 8.95. The molecule has 1 saturated heterocycles. The summed E-state index contributed by atoms with van der Waals surface area (Å²) in [5.74, 6) is 0.402. The van der Waals surface area contributed by atoms with Crippen LogP contribution in [-0.2, 0) is 10.0 Å². The second kappa shape index (κ2) is 5.61. The summed E-state index contributed by atoms with van der Waals surface area (Å²) in [7, 11) is -3.50. The van der Waals surface area contributed by atoms with Crippen molar-refractivity contribution in [3.63, 3.8) is 0 Å². The molecule has 0 aromatic heterocycles. The van der Waals surface area contributed by atoms with Gasteiger partial charge >= 0.3 is 0 Å². The maximum absolute atomic E-state index is 13.2. The molecule has 5 heteroatoms. The highest BCUT2D eigenvalue weighted by molar-refractivity contribution is 7.89. The Bertz CT molecular complexity index is 626. The van der Waals surface area contributed by atoms with Gasteiger partial charge in [-0.2, -0.15) is 4.31 Å². The number of piperidine rings is 1. The molecule has 0 aliphatic carbocycles. The summed E-state index contributed by atoms with van der Waals surface area (Å²) in [6, 6.07) is 1.90. The van der Waals surface area contributed by atoms with Crippen LogP contribution in [0.5, 0.6) is 0 Å². The molecule has 2 atom stereocenters. The first-order chi connectivity index (χ1) is 9.66. The zero-order chi connectivity index (χ0) is 15.9. The fraction of sp³-hybridized carbons (Fsp3) is 0.625. The lowest BCUT2D eigenvalue weighted by molar-refractivity contribution is 0.218. The fourth-order valence-corrected chi connectivity index (χ4v) is 5.45. The average Bonchev–Trinajstić information content (AvgIpc) is 2.39. The molecule has 2 unspecified atom stereocenters. The molecule has 2 rings (SSSR count). The number of nitrogens with two attached hydrogens (primary N) is 1. The van der Waals surface area contributed by atoms with E-state index in [1.165, 1.54) is 0 Å². The lowest BCUT2D eigenvalue weighted by Gasteiger charge is -2.36. The van der Waals surface area contributed by atoms with Gasteiger partial charge < -0.3 is 5.73 Å². The summed E-state index contributed by atoms with van der Waals surface area (Å²) in [4.78, 5) is 0.404. The van der Waals surface area contributed by atoms with Crippen LogP contribution >= 0.6 is 0 Å². The van der Waals surface area contributed by atoms with Crippen molar-refractivity contribution in [2.24, 2.45) is 5.92 Å². The van der Waals surface area contributed by atoms with Crippen molar-refractivity contribution in [3.8, 4) is 0 Å². The van der Waals surface area contributed by atoms with Crippen LogP contribution in [0.4, 0.5) is 5.69 Å². The number of aryl methyl sites for hydroxylation is 1. The Kier molecular flexibility index (Phi) is 4.36. The van der Waals surface area contributed by atoms with E-state index in [2.05, 4.69) is 6.92 Å². The van der Waals surface area contributed by atoms with E-state index < -0.39 is 10.0 Å². The summed E-state index contributed by atoms with van der Waals surface area (Å²) < 4.78 is 28.0. The van der Waals surface area contributed by atoms with Gasteiger partial charge in [-0.05, 0) is 69.2 Å². The average molecular weight is 310 g/mol. The van der Waals surface area contributed by atoms with Gasteiger partial charge in [0.15, 0.2) is 0 Å². The topological polar surface area (TPSA) is 63.4 Å². The minimum absolute atomic E-state index is 0.0479. The van der Waals surface area contributed by atoms with E-state index in [1.807, 2.05) is 26.8 Å². The molecule has 1 aliphatic heterocycles. The number of sulfonamides is 1. The Morgan fingerprint density at radius 2 is 1.76 bits per heavy atom. The predicted molar refractivity (Wildman–Crippen MR) is 86.8 cm³/mol. The molecule has 0 spiro atoms. The number of nitrogens with zero attached hydrogens (tertiary/aromatic N) is 1. The van der Waals surface area contributed by atoms with Gasteiger partial charge in [0, 0.05) is 18.3 Å². The molecule has 2 N–H and O–H groups in total. The first-order valence-corrected chi connectivity index (χ1v) is 8.98. The van der Waals surface area contributed by atoms with Crippen LogP contribution in [0, 0.1) is 26.7 Å². The van der Waals surface area contributed by atoms with E-state index in [4.69, 9.17) is 5.73 Å². The fourth-order valence-electron chi connectivity index (χ4n) is 3.13. The van der Waals surface area contributed by atoms with Crippen LogP contribution in [0.2, 0.25) is 0 Å². The van der Waals surface area contributed by atoms with E-state index in [1.54, 1.807) is 11.2 Å². The maximum atomic E-state index is 13.2. The molecule has 21 heavy (non-hydrogen) atoms. The second-order valence-corrected chi connectivity index (χ2v) is 8.30. The molecular formula is C16H26N2O2S. The third-order valence-electron chi connectivity index (χ3n) is 4.70. The molecule has 4 nitrogen and oxygen atoms in total. The molecule has 0 bridgehead atoms. The maximum Gasteiger partial charge on any atom is 0.243 e. The van der Waals surface area contributed by atoms with Crippen LogP contribution in [0.1, 0.15) is 43.4 Å². The molecule has 1 aromatic rings. The van der Waals surface area contributed by atoms with Crippen LogP contribution in [0.25, 0.3) is 0 Å². The summed E-state index contributed by atoms with van der Waals surface area (Å²) in [5, 5.41) is 0. The Labute approximate surface area is 128 Å². The van der Waals surface area contributed by atoms with E-state index >= 15 is 0 Å². The second-order valence-electron chi connectivity index (χ2n) is 6.47. The molecule has 1 aromatic carbocycles. The van der Waals surface area contributed by atoms with E-state index in [0.717, 1.165) is 24.0 Å². The molecule has 0 saturated carbocycles. The van der Waals surface area contributed by atoms with Crippen molar-refractivity contribution >= 4 is 15.7 Å². The van der Waals surface area contributed by atoms with Crippen molar-refractivity contribution in [2.45, 2.75) is 58.4 Å². The number of benzene rings is 1. The first-order valence-electron chi connectivity index (χ1n) is 7.54. The van der Waals surface area contributed by atoms with Gasteiger partial charge in [-0.15, -0.1) is 0 Å². The minimum atomic E-state index is -3.50. The smallest absolute Gasteiger partial charge is 0.243 e. The van der Waals surface area contributed by atoms with Gasteiger partial charge in [-0.3, -0.25) is 0 Å². The molecular weight excluding hydrogens is 284 g/mol. The summed E-state index contributed by atoms with van der Waals surface area (Å²) in [6.07, 6.45) is 2.00. The van der Waals surface area contributed by atoms with Gasteiger partial charge in [0.05, 0.1) is 4.90 Å². The Morgan fingerprint density at radius 3 is 2.38 bits per heavy atom. The highest BCUT2D eigenvalue weighted by atomic mass is 32.2. The van der Waals surface area contributed by atoms with Crippen LogP contribution in [0.15, 0.2) is 11.0 Å². The summed E-state index contributed by atoms with van der Waals surface area (Å²) >= 11 is 0. The standard InChI is InChI=1S/C16H26N2O2S/c1-10-6-7-12(3)18(9-10)21(19,20)16-13(4)11(2)8-15(17)14(16)5/h8,10,12H,6-7,9,17H2,1-5H3. The molecule has 1 aliphatic rings. The van der Waals surface area contributed by atoms with Gasteiger partial charge in [0.2, 0.25) is 10.0 Å². The molecule has 0 radical (unpaired) electrons. The van der Waals surface area contributed by atoms with Crippen LogP contribution < -0.4 is 5.73 Å². The van der Waals surface area contributed by atoms with Crippen molar-refractivity contribution in [3.05, 3.63) is 22.8 Å². The highest BCUT2D eigenvalue weighted by Crippen LogP contribution is 2.34. The lowest BCUT2D eigenvalue weighted by Crippen LogP contribution is -2.45. The summed E-state index contributed by atoms with van der Waals surface area (Å²) in [6.45, 7) is 10.3. The number of anilines is 1. The Balaban J connectivity index is 2.59. The monoisotopic (exact) mass is 310 g/mol. The van der Waals surface area contributed by atoms with Gasteiger partial charge in [-0.1, -0.05) is 6.92 Å². The van der Waals surface area contributed by atoms with Crippen LogP contribution in [0.3, 0.4) is 0 Å².